The lowest BCUT2D eigenvalue weighted by atomic mass is 9.76. The largest absolute Gasteiger partial charge is 0.382 e. The van der Waals surface area contributed by atoms with E-state index >= 15 is 0 Å². The van der Waals surface area contributed by atoms with E-state index in [1.54, 1.807) is 0 Å². The fourth-order valence-electron chi connectivity index (χ4n) is 2.69. The lowest BCUT2D eigenvalue weighted by Gasteiger charge is -2.37. The van der Waals surface area contributed by atoms with Gasteiger partial charge in [-0.1, -0.05) is 50.1 Å². The van der Waals surface area contributed by atoms with Crippen LogP contribution < -0.4 is 5.32 Å². The van der Waals surface area contributed by atoms with Crippen molar-refractivity contribution < 1.29 is 0 Å². The second-order valence-electron chi connectivity index (χ2n) is 5.53. The molecule has 0 saturated heterocycles. The van der Waals surface area contributed by atoms with Crippen LogP contribution in [0.15, 0.2) is 51.4 Å². The van der Waals surface area contributed by atoms with Gasteiger partial charge in [-0.25, -0.2) is 0 Å². The lowest BCUT2D eigenvalue weighted by molar-refractivity contribution is 0.374. The zero-order valence-electron chi connectivity index (χ0n) is 11.4. The first-order chi connectivity index (χ1) is 9.61. The van der Waals surface area contributed by atoms with Gasteiger partial charge in [0.05, 0.1) is 0 Å². The Morgan fingerprint density at radius 2 is 1.85 bits per heavy atom. The summed E-state index contributed by atoms with van der Waals surface area (Å²) in [6, 6.07) is 15.7. The first kappa shape index (κ1) is 14.2. The first-order valence-corrected chi connectivity index (χ1v) is 8.48. The number of rotatable bonds is 3. The molecule has 20 heavy (non-hydrogen) atoms. The van der Waals surface area contributed by atoms with E-state index in [1.807, 2.05) is 0 Å². The molecule has 1 nitrogen and oxygen atoms in total. The van der Waals surface area contributed by atoms with Crippen molar-refractivity contribution in [3.05, 3.63) is 62.5 Å². The Morgan fingerprint density at radius 3 is 2.55 bits per heavy atom. The first-order valence-electron chi connectivity index (χ1n) is 6.90. The summed E-state index contributed by atoms with van der Waals surface area (Å²) in [6.45, 7) is 2.11. The van der Waals surface area contributed by atoms with Gasteiger partial charge in [-0.2, -0.15) is 0 Å². The van der Waals surface area contributed by atoms with Crippen LogP contribution in [0.2, 0.25) is 0 Å². The number of anilines is 1. The maximum Gasteiger partial charge on any atom is 0.0353 e. The molecule has 2 aromatic rings. The summed E-state index contributed by atoms with van der Waals surface area (Å²) in [5.41, 5.74) is 3.93. The van der Waals surface area contributed by atoms with Crippen molar-refractivity contribution in [2.45, 2.75) is 31.7 Å². The van der Waals surface area contributed by atoms with Crippen molar-refractivity contribution in [2.24, 2.45) is 0 Å². The second kappa shape index (κ2) is 5.90. The normalized spacial score (nSPS) is 21.4. The van der Waals surface area contributed by atoms with Crippen molar-refractivity contribution in [1.29, 1.82) is 0 Å². The molecule has 3 rings (SSSR count). The lowest BCUT2D eigenvalue weighted by Crippen LogP contribution is -2.33. The van der Waals surface area contributed by atoms with Gasteiger partial charge in [0.25, 0.3) is 0 Å². The van der Waals surface area contributed by atoms with E-state index in [2.05, 4.69) is 86.6 Å². The summed E-state index contributed by atoms with van der Waals surface area (Å²) < 4.78 is 2.35. The van der Waals surface area contributed by atoms with Gasteiger partial charge < -0.3 is 5.32 Å². The van der Waals surface area contributed by atoms with E-state index in [4.69, 9.17) is 0 Å². The zero-order valence-corrected chi connectivity index (χ0v) is 14.5. The predicted molar refractivity (Wildman–Crippen MR) is 92.4 cm³/mol. The van der Waals surface area contributed by atoms with Crippen molar-refractivity contribution in [2.75, 3.05) is 5.32 Å². The summed E-state index contributed by atoms with van der Waals surface area (Å²) >= 11 is 7.13. The molecule has 0 atom stereocenters. The van der Waals surface area contributed by atoms with Crippen molar-refractivity contribution in [3.63, 3.8) is 0 Å². The molecule has 104 valence electrons. The van der Waals surface area contributed by atoms with Crippen LogP contribution in [0.4, 0.5) is 5.69 Å². The molecule has 1 aliphatic rings. The van der Waals surface area contributed by atoms with Crippen LogP contribution in [0.25, 0.3) is 0 Å². The topological polar surface area (TPSA) is 12.0 Å². The Balaban J connectivity index is 1.59. The highest BCUT2D eigenvalue weighted by atomic mass is 79.9. The summed E-state index contributed by atoms with van der Waals surface area (Å²) in [6.07, 6.45) is 2.42. The molecule has 3 heteroatoms. The maximum atomic E-state index is 3.62. The molecule has 0 radical (unpaired) electrons. The zero-order chi connectivity index (χ0) is 14.1. The molecule has 0 aromatic heterocycles. The Morgan fingerprint density at radius 1 is 1.05 bits per heavy atom. The minimum Gasteiger partial charge on any atom is -0.382 e. The van der Waals surface area contributed by atoms with Crippen LogP contribution in [0.1, 0.15) is 29.9 Å². The van der Waals surface area contributed by atoms with Crippen molar-refractivity contribution >= 4 is 37.5 Å². The van der Waals surface area contributed by atoms with Gasteiger partial charge in [-0.3, -0.25) is 0 Å². The summed E-state index contributed by atoms with van der Waals surface area (Å²) in [7, 11) is 0. The Hall–Kier alpha value is -0.800. The molecule has 2 aromatic carbocycles. The summed E-state index contributed by atoms with van der Waals surface area (Å²) in [5.74, 6) is 0.693. The van der Waals surface area contributed by atoms with Crippen LogP contribution in [0.3, 0.4) is 0 Å². The summed E-state index contributed by atoms with van der Waals surface area (Å²) in [4.78, 5) is 0. The third-order valence-electron chi connectivity index (χ3n) is 4.00. The van der Waals surface area contributed by atoms with E-state index in [1.165, 1.54) is 38.6 Å². The third-order valence-corrected chi connectivity index (χ3v) is 5.35. The maximum absolute atomic E-state index is 3.62. The molecule has 1 saturated carbocycles. The predicted octanol–water partition coefficient (Wildman–Crippen LogP) is 5.88. The van der Waals surface area contributed by atoms with Crippen LogP contribution in [-0.4, -0.2) is 6.04 Å². The Kier molecular flexibility index (Phi) is 4.18. The average molecular weight is 395 g/mol. The molecule has 1 N–H and O–H groups in total. The van der Waals surface area contributed by atoms with E-state index in [-0.39, 0.29) is 0 Å². The van der Waals surface area contributed by atoms with E-state index in [9.17, 15) is 0 Å². The number of nitrogens with one attached hydrogen (secondary N) is 1. The monoisotopic (exact) mass is 393 g/mol. The highest BCUT2D eigenvalue weighted by Crippen LogP contribution is 2.39. The SMILES string of the molecule is Cc1ccc(NC2CC(c3cccc(Br)c3)C2)cc1Br. The molecular formula is C17H17Br2N. The average Bonchev–Trinajstić information content (AvgIpc) is 2.37. The number of hydrogen-bond acceptors (Lipinski definition) is 1. The van der Waals surface area contributed by atoms with E-state index in [0.717, 1.165) is 0 Å². The molecule has 0 bridgehead atoms. The fraction of sp³-hybridized carbons (Fsp3) is 0.294. The molecule has 1 fully saturated rings. The van der Waals surface area contributed by atoms with Gasteiger partial charge in [0.1, 0.15) is 0 Å². The molecule has 0 spiro atoms. The van der Waals surface area contributed by atoms with Gasteiger partial charge in [-0.15, -0.1) is 0 Å². The van der Waals surface area contributed by atoms with Crippen LogP contribution in [-0.2, 0) is 0 Å². The molecular weight excluding hydrogens is 378 g/mol. The van der Waals surface area contributed by atoms with Crippen molar-refractivity contribution in [1.82, 2.24) is 0 Å². The minimum atomic E-state index is 0.591. The smallest absolute Gasteiger partial charge is 0.0353 e. The Bertz CT molecular complexity index is 618. The Labute approximate surface area is 137 Å². The van der Waals surface area contributed by atoms with E-state index < -0.39 is 0 Å². The van der Waals surface area contributed by atoms with Gasteiger partial charge in [-0.05, 0) is 61.1 Å². The highest BCUT2D eigenvalue weighted by Gasteiger charge is 2.30. The fourth-order valence-corrected chi connectivity index (χ4v) is 3.48. The quantitative estimate of drug-likeness (QED) is 0.685. The van der Waals surface area contributed by atoms with Crippen LogP contribution >= 0.6 is 31.9 Å². The van der Waals surface area contributed by atoms with Crippen LogP contribution in [0, 0.1) is 6.92 Å². The van der Waals surface area contributed by atoms with Gasteiger partial charge in [0.15, 0.2) is 0 Å². The summed E-state index contributed by atoms with van der Waals surface area (Å²) in [5, 5.41) is 3.62. The highest BCUT2D eigenvalue weighted by molar-refractivity contribution is 9.10. The third kappa shape index (κ3) is 3.09. The molecule has 0 unspecified atom stereocenters. The van der Waals surface area contributed by atoms with E-state index in [0.29, 0.717) is 12.0 Å². The molecule has 1 aliphatic carbocycles. The molecule has 0 aliphatic heterocycles. The minimum absolute atomic E-state index is 0.591. The van der Waals surface area contributed by atoms with Crippen LogP contribution in [0.5, 0.6) is 0 Å². The molecule has 0 amide bonds. The number of aryl methyl sites for hydroxylation is 1. The second-order valence-corrected chi connectivity index (χ2v) is 7.30. The van der Waals surface area contributed by atoms with Gasteiger partial charge in [0, 0.05) is 20.7 Å². The van der Waals surface area contributed by atoms with Gasteiger partial charge in [0.2, 0.25) is 0 Å². The van der Waals surface area contributed by atoms with Gasteiger partial charge >= 0.3 is 0 Å². The molecule has 0 heterocycles. The number of halogens is 2. The number of benzene rings is 2. The number of hydrogen-bond donors (Lipinski definition) is 1. The van der Waals surface area contributed by atoms with Crippen molar-refractivity contribution in [3.8, 4) is 0 Å². The standard InChI is InChI=1S/C17H17Br2N/c1-11-5-6-15(10-17(11)19)20-16-8-13(9-16)12-3-2-4-14(18)7-12/h2-7,10,13,16,20H,8-9H2,1H3.